The van der Waals surface area contributed by atoms with Gasteiger partial charge in [0.05, 0.1) is 13.7 Å². The maximum absolute atomic E-state index is 5.72. The lowest BCUT2D eigenvalue weighted by molar-refractivity contribution is 0.303. The van der Waals surface area contributed by atoms with E-state index in [4.69, 9.17) is 15.2 Å². The topological polar surface area (TPSA) is 44.5 Å². The first-order chi connectivity index (χ1) is 9.81. The second kappa shape index (κ2) is 7.22. The van der Waals surface area contributed by atoms with E-state index in [0.29, 0.717) is 13.2 Å². The predicted molar refractivity (Wildman–Crippen MR) is 79.7 cm³/mol. The van der Waals surface area contributed by atoms with Crippen LogP contribution in [0, 0.1) is 11.8 Å². The lowest BCUT2D eigenvalue weighted by Crippen LogP contribution is -1.96. The molecule has 0 aromatic heterocycles. The van der Waals surface area contributed by atoms with Crippen LogP contribution < -0.4 is 15.2 Å². The first-order valence-electron chi connectivity index (χ1n) is 6.36. The SMILES string of the molecule is COc1cccc(OCc2ccc(C#CCN)cc2)c1. The Labute approximate surface area is 119 Å². The van der Waals surface area contributed by atoms with Crippen LogP contribution in [0.15, 0.2) is 48.5 Å². The van der Waals surface area contributed by atoms with E-state index in [2.05, 4.69) is 11.8 Å². The smallest absolute Gasteiger partial charge is 0.123 e. The molecule has 3 nitrogen and oxygen atoms in total. The van der Waals surface area contributed by atoms with Crippen molar-refractivity contribution in [3.8, 4) is 23.3 Å². The van der Waals surface area contributed by atoms with Gasteiger partial charge in [0.1, 0.15) is 18.1 Å². The molecule has 0 saturated heterocycles. The molecule has 0 atom stereocenters. The van der Waals surface area contributed by atoms with Crippen LogP contribution in [-0.4, -0.2) is 13.7 Å². The molecular formula is C17H17NO2. The monoisotopic (exact) mass is 267 g/mol. The van der Waals surface area contributed by atoms with Gasteiger partial charge in [-0.15, -0.1) is 0 Å². The highest BCUT2D eigenvalue weighted by Gasteiger charge is 1.98. The standard InChI is InChI=1S/C17H17NO2/c1-19-16-5-2-6-17(12-16)20-13-15-9-7-14(8-10-15)4-3-11-18/h2,5-10,12H,11,13,18H2,1H3. The third kappa shape index (κ3) is 4.04. The van der Waals surface area contributed by atoms with Crippen LogP contribution in [0.3, 0.4) is 0 Å². The van der Waals surface area contributed by atoms with Crippen LogP contribution in [0.5, 0.6) is 11.5 Å². The van der Waals surface area contributed by atoms with Crippen LogP contribution in [-0.2, 0) is 6.61 Å². The van der Waals surface area contributed by atoms with Crippen molar-refractivity contribution in [1.29, 1.82) is 0 Å². The molecule has 0 heterocycles. The molecule has 2 N–H and O–H groups in total. The van der Waals surface area contributed by atoms with Crippen molar-refractivity contribution in [2.45, 2.75) is 6.61 Å². The zero-order valence-corrected chi connectivity index (χ0v) is 11.4. The number of rotatable bonds is 4. The highest BCUT2D eigenvalue weighted by Crippen LogP contribution is 2.19. The van der Waals surface area contributed by atoms with Gasteiger partial charge in [-0.05, 0) is 29.8 Å². The Morgan fingerprint density at radius 2 is 1.80 bits per heavy atom. The molecule has 0 amide bonds. The van der Waals surface area contributed by atoms with E-state index < -0.39 is 0 Å². The minimum absolute atomic E-state index is 0.376. The van der Waals surface area contributed by atoms with Gasteiger partial charge >= 0.3 is 0 Å². The fraction of sp³-hybridized carbons (Fsp3) is 0.176. The third-order valence-corrected chi connectivity index (χ3v) is 2.74. The summed E-state index contributed by atoms with van der Waals surface area (Å²) >= 11 is 0. The number of ether oxygens (including phenoxy) is 2. The molecule has 2 aromatic carbocycles. The Morgan fingerprint density at radius 1 is 1.05 bits per heavy atom. The number of hydrogen-bond donors (Lipinski definition) is 1. The summed E-state index contributed by atoms with van der Waals surface area (Å²) < 4.78 is 10.9. The minimum atomic E-state index is 0.376. The lowest BCUT2D eigenvalue weighted by Gasteiger charge is -2.07. The summed E-state index contributed by atoms with van der Waals surface area (Å²) in [5, 5.41) is 0. The fourth-order valence-electron chi connectivity index (χ4n) is 1.70. The van der Waals surface area contributed by atoms with Gasteiger partial charge in [-0.3, -0.25) is 0 Å². The van der Waals surface area contributed by atoms with Crippen molar-refractivity contribution in [1.82, 2.24) is 0 Å². The van der Waals surface area contributed by atoms with E-state index in [0.717, 1.165) is 22.6 Å². The van der Waals surface area contributed by atoms with Crippen molar-refractivity contribution in [3.05, 3.63) is 59.7 Å². The van der Waals surface area contributed by atoms with E-state index in [1.165, 1.54) is 0 Å². The summed E-state index contributed by atoms with van der Waals surface area (Å²) in [6.45, 7) is 0.887. The molecule has 0 aliphatic carbocycles. The van der Waals surface area contributed by atoms with Gasteiger partial charge in [0.2, 0.25) is 0 Å². The van der Waals surface area contributed by atoms with Crippen LogP contribution in [0.1, 0.15) is 11.1 Å². The molecule has 3 heteroatoms. The van der Waals surface area contributed by atoms with Crippen molar-refractivity contribution in [2.75, 3.05) is 13.7 Å². The quantitative estimate of drug-likeness (QED) is 0.866. The van der Waals surface area contributed by atoms with E-state index in [9.17, 15) is 0 Å². The highest BCUT2D eigenvalue weighted by molar-refractivity contribution is 5.37. The molecule has 0 aliphatic rings. The fourth-order valence-corrected chi connectivity index (χ4v) is 1.70. The zero-order chi connectivity index (χ0) is 14.2. The number of benzene rings is 2. The molecule has 20 heavy (non-hydrogen) atoms. The second-order valence-corrected chi connectivity index (χ2v) is 4.17. The molecule has 0 unspecified atom stereocenters. The molecule has 2 aromatic rings. The number of methoxy groups -OCH3 is 1. The highest BCUT2D eigenvalue weighted by atomic mass is 16.5. The summed E-state index contributed by atoms with van der Waals surface area (Å²) in [5.74, 6) is 7.39. The molecule has 0 bridgehead atoms. The normalized spacial score (nSPS) is 9.50. The van der Waals surface area contributed by atoms with E-state index in [1.807, 2.05) is 48.5 Å². The van der Waals surface area contributed by atoms with Crippen molar-refractivity contribution in [3.63, 3.8) is 0 Å². The van der Waals surface area contributed by atoms with Gasteiger partial charge in [-0.25, -0.2) is 0 Å². The summed E-state index contributed by atoms with van der Waals surface area (Å²) in [6.07, 6.45) is 0. The average Bonchev–Trinajstić information content (AvgIpc) is 2.52. The van der Waals surface area contributed by atoms with Crippen LogP contribution in [0.2, 0.25) is 0 Å². The lowest BCUT2D eigenvalue weighted by atomic mass is 10.1. The first-order valence-corrected chi connectivity index (χ1v) is 6.36. The van der Waals surface area contributed by atoms with Crippen molar-refractivity contribution >= 4 is 0 Å². The zero-order valence-electron chi connectivity index (χ0n) is 11.4. The number of hydrogen-bond acceptors (Lipinski definition) is 3. The Balaban J connectivity index is 1.96. The number of nitrogens with two attached hydrogens (primary N) is 1. The van der Waals surface area contributed by atoms with Gasteiger partial charge in [-0.1, -0.05) is 30.0 Å². The maximum Gasteiger partial charge on any atom is 0.123 e. The summed E-state index contributed by atoms with van der Waals surface area (Å²) in [5.41, 5.74) is 7.39. The molecule has 2 rings (SSSR count). The van der Waals surface area contributed by atoms with Gasteiger partial charge in [0.25, 0.3) is 0 Å². The maximum atomic E-state index is 5.72. The molecule has 0 saturated carbocycles. The molecular weight excluding hydrogens is 250 g/mol. The molecule has 0 aliphatic heterocycles. The minimum Gasteiger partial charge on any atom is -0.497 e. The van der Waals surface area contributed by atoms with Gasteiger partial charge in [0, 0.05) is 11.6 Å². The predicted octanol–water partition coefficient (Wildman–Crippen LogP) is 2.58. The summed E-state index contributed by atoms with van der Waals surface area (Å²) in [4.78, 5) is 0. The van der Waals surface area contributed by atoms with E-state index >= 15 is 0 Å². The summed E-state index contributed by atoms with van der Waals surface area (Å²) in [6, 6.07) is 15.5. The first kappa shape index (κ1) is 14.0. The van der Waals surface area contributed by atoms with E-state index in [-0.39, 0.29) is 0 Å². The Bertz CT molecular complexity index is 609. The van der Waals surface area contributed by atoms with Crippen molar-refractivity contribution in [2.24, 2.45) is 5.73 Å². The molecule has 0 radical (unpaired) electrons. The van der Waals surface area contributed by atoms with Gasteiger partial charge < -0.3 is 15.2 Å². The second-order valence-electron chi connectivity index (χ2n) is 4.17. The van der Waals surface area contributed by atoms with E-state index in [1.54, 1.807) is 7.11 Å². The molecule has 102 valence electrons. The van der Waals surface area contributed by atoms with Gasteiger partial charge in [0.15, 0.2) is 0 Å². The largest absolute Gasteiger partial charge is 0.497 e. The Morgan fingerprint density at radius 3 is 2.50 bits per heavy atom. The van der Waals surface area contributed by atoms with Crippen LogP contribution in [0.25, 0.3) is 0 Å². The molecule has 0 fully saturated rings. The molecule has 0 spiro atoms. The summed E-state index contributed by atoms with van der Waals surface area (Å²) in [7, 11) is 1.64. The Kier molecular flexibility index (Phi) is 5.05. The van der Waals surface area contributed by atoms with Crippen molar-refractivity contribution < 1.29 is 9.47 Å². The van der Waals surface area contributed by atoms with Crippen LogP contribution in [0.4, 0.5) is 0 Å². The van der Waals surface area contributed by atoms with Gasteiger partial charge in [-0.2, -0.15) is 0 Å². The third-order valence-electron chi connectivity index (χ3n) is 2.74. The Hall–Kier alpha value is -2.44. The average molecular weight is 267 g/mol. The van der Waals surface area contributed by atoms with Crippen LogP contribution >= 0.6 is 0 Å².